The number of hydrogen-bond acceptors (Lipinski definition) is 8. The Bertz CT molecular complexity index is 1420. The number of nitrogens with one attached hydrogen (secondary N) is 2. The van der Waals surface area contributed by atoms with E-state index in [1.807, 2.05) is 36.4 Å². The molecule has 0 saturated heterocycles. The van der Waals surface area contributed by atoms with Gasteiger partial charge in [-0.25, -0.2) is 14.0 Å². The largest absolute Gasteiger partial charge is 0.490 e. The molecule has 8 nitrogen and oxygen atoms in total. The zero-order valence-electron chi connectivity index (χ0n) is 22.4. The van der Waals surface area contributed by atoms with E-state index in [-0.39, 0.29) is 11.8 Å². The van der Waals surface area contributed by atoms with Gasteiger partial charge in [-0.3, -0.25) is 9.59 Å². The Kier molecular flexibility index (Phi) is 9.08. The molecule has 1 aromatic heterocycles. The number of ether oxygens (including phenoxy) is 1. The van der Waals surface area contributed by atoms with Gasteiger partial charge in [0.25, 0.3) is 0 Å². The number of aromatic nitrogens is 1. The van der Waals surface area contributed by atoms with E-state index in [4.69, 9.17) is 8.92 Å². The third-order valence-corrected chi connectivity index (χ3v) is 8.93. The fraction of sp³-hybridized carbons (Fsp3) is 0.367. The van der Waals surface area contributed by atoms with Gasteiger partial charge in [0.05, 0.1) is 23.8 Å². The summed E-state index contributed by atoms with van der Waals surface area (Å²) in [7, 11) is 1.40. The van der Waals surface area contributed by atoms with Crippen LogP contribution in [0.15, 0.2) is 70.1 Å². The predicted octanol–water partition coefficient (Wildman–Crippen LogP) is 6.61. The minimum Gasteiger partial charge on any atom is -0.490 e. The lowest BCUT2D eigenvalue weighted by atomic mass is 9.92. The summed E-state index contributed by atoms with van der Waals surface area (Å²) in [6, 6.07) is 15.1. The molecule has 3 N–H and O–H groups in total. The average Bonchev–Trinajstić information content (AvgIpc) is 3.40. The molecular formula is C30H33N3O5S2. The number of benzene rings is 2. The smallest absolute Gasteiger partial charge is 0.355 e. The molecule has 3 aromatic rings. The molecule has 2 aliphatic rings. The zero-order chi connectivity index (χ0) is 28.1. The fourth-order valence-corrected chi connectivity index (χ4v) is 6.14. The fourth-order valence-electron chi connectivity index (χ4n) is 4.88. The number of rotatable bonds is 13. The summed E-state index contributed by atoms with van der Waals surface area (Å²) in [6.45, 7) is 0. The molecule has 0 aliphatic heterocycles. The Hall–Kier alpha value is -3.34. The summed E-state index contributed by atoms with van der Waals surface area (Å²) < 4.78 is 23.2. The highest BCUT2D eigenvalue weighted by Crippen LogP contribution is 2.38. The molecule has 5 rings (SSSR count). The topological polar surface area (TPSA) is 122 Å². The second-order valence-electron chi connectivity index (χ2n) is 10.2. The highest BCUT2D eigenvalue weighted by atomic mass is 32.2. The molecule has 2 fully saturated rings. The van der Waals surface area contributed by atoms with E-state index in [1.165, 1.54) is 36.7 Å². The minimum atomic E-state index is -1.53. The molecule has 210 valence electrons. The molecule has 1 heterocycles. The lowest BCUT2D eigenvalue weighted by molar-refractivity contribution is 0.0691. The van der Waals surface area contributed by atoms with Crippen LogP contribution in [0.2, 0.25) is 0 Å². The van der Waals surface area contributed by atoms with Crippen molar-refractivity contribution in [3.05, 3.63) is 82.0 Å². The van der Waals surface area contributed by atoms with E-state index < -0.39 is 17.0 Å². The van der Waals surface area contributed by atoms with Crippen LogP contribution in [0.1, 0.15) is 66.6 Å². The number of thiazole rings is 1. The third kappa shape index (κ3) is 7.24. The van der Waals surface area contributed by atoms with E-state index in [1.54, 1.807) is 12.1 Å². The molecule has 0 bridgehead atoms. The molecule has 2 saturated carbocycles. The Labute approximate surface area is 240 Å². The minimum absolute atomic E-state index is 0.00612. The van der Waals surface area contributed by atoms with Crippen molar-refractivity contribution >= 4 is 39.2 Å². The van der Waals surface area contributed by atoms with Crippen molar-refractivity contribution in [2.24, 2.45) is 5.92 Å². The first kappa shape index (κ1) is 28.2. The van der Waals surface area contributed by atoms with E-state index >= 15 is 0 Å². The molecule has 2 aromatic carbocycles. The van der Waals surface area contributed by atoms with Crippen LogP contribution in [-0.4, -0.2) is 39.2 Å². The van der Waals surface area contributed by atoms with Crippen LogP contribution in [0.25, 0.3) is 0 Å². The van der Waals surface area contributed by atoms with Crippen molar-refractivity contribution < 1.29 is 23.0 Å². The summed E-state index contributed by atoms with van der Waals surface area (Å²) >= 11 is -0.289. The van der Waals surface area contributed by atoms with Gasteiger partial charge in [0.2, 0.25) is 0 Å². The maximum absolute atomic E-state index is 12.1. The number of aromatic carboxylic acids is 1. The van der Waals surface area contributed by atoms with Crippen LogP contribution in [0.3, 0.4) is 0 Å². The number of carboxylic acids is 1. The molecule has 0 amide bonds. The van der Waals surface area contributed by atoms with Crippen molar-refractivity contribution in [2.75, 3.05) is 12.4 Å². The van der Waals surface area contributed by atoms with Gasteiger partial charge in [0.15, 0.2) is 21.9 Å². The molecule has 2 aliphatic carbocycles. The number of hydrogen-bond donors (Lipinski definition) is 3. The van der Waals surface area contributed by atoms with Gasteiger partial charge in [0, 0.05) is 28.6 Å². The number of carbonyl (C=O) groups is 1. The summed E-state index contributed by atoms with van der Waals surface area (Å²) in [6.07, 6.45) is 8.12. The third-order valence-electron chi connectivity index (χ3n) is 7.21. The van der Waals surface area contributed by atoms with Gasteiger partial charge >= 0.3 is 5.97 Å². The van der Waals surface area contributed by atoms with Crippen LogP contribution in [0.5, 0.6) is 5.75 Å². The Morgan fingerprint density at radius 3 is 2.55 bits per heavy atom. The number of nitrogens with zero attached hydrogens (tertiary/aromatic N) is 1. The van der Waals surface area contributed by atoms with Gasteiger partial charge in [-0.15, -0.1) is 11.3 Å². The molecule has 1 atom stereocenters. The Morgan fingerprint density at radius 2 is 1.90 bits per heavy atom. The van der Waals surface area contributed by atoms with Gasteiger partial charge in [-0.2, -0.15) is 0 Å². The molecule has 0 spiro atoms. The van der Waals surface area contributed by atoms with Crippen molar-refractivity contribution in [2.45, 2.75) is 62.4 Å². The highest BCUT2D eigenvalue weighted by molar-refractivity contribution is 7.80. The number of anilines is 1. The summed E-state index contributed by atoms with van der Waals surface area (Å²) in [4.78, 5) is 16.3. The van der Waals surface area contributed by atoms with Crippen LogP contribution in [-0.2, 0) is 21.7 Å². The van der Waals surface area contributed by atoms with Crippen molar-refractivity contribution in [1.29, 1.82) is 5.41 Å². The maximum atomic E-state index is 12.1. The van der Waals surface area contributed by atoms with Crippen molar-refractivity contribution in [3.8, 4) is 5.75 Å². The van der Waals surface area contributed by atoms with E-state index in [0.29, 0.717) is 28.1 Å². The zero-order valence-corrected chi connectivity index (χ0v) is 24.0. The summed E-state index contributed by atoms with van der Waals surface area (Å²) in [5.41, 5.74) is 3.74. The SMILES string of the molecule is COS(=O)c1ccc(C/C(C(=N)c2cccc(OC3CCCC3)c2)=C(\CC2CC2)Nc2nc(C(=O)O)cs2)cc1. The van der Waals surface area contributed by atoms with Gasteiger partial charge in [0.1, 0.15) is 5.75 Å². The molecule has 1 unspecified atom stereocenters. The maximum Gasteiger partial charge on any atom is 0.355 e. The standard InChI is InChI=1S/C30H33N3O5S2/c1-37-40(36)24-13-11-19(12-14-24)15-25(26(16-20-9-10-20)32-30-33-27(18-39-30)29(34)35)28(31)21-5-4-8-23(17-21)38-22-6-2-3-7-22/h4-5,8,11-14,17-18,20,22,31H,2-3,6-7,9-10,15-16H2,1H3,(H,32,33)(H,34,35)/b26-25-,31-28?. The van der Waals surface area contributed by atoms with Crippen LogP contribution in [0, 0.1) is 11.3 Å². The van der Waals surface area contributed by atoms with Crippen LogP contribution < -0.4 is 10.1 Å². The normalized spacial score (nSPS) is 16.8. The molecule has 40 heavy (non-hydrogen) atoms. The van der Waals surface area contributed by atoms with Crippen LogP contribution in [0.4, 0.5) is 5.13 Å². The van der Waals surface area contributed by atoms with Crippen molar-refractivity contribution in [1.82, 2.24) is 4.98 Å². The summed E-state index contributed by atoms with van der Waals surface area (Å²) in [5.74, 6) is 0.202. The lowest BCUT2D eigenvalue weighted by Gasteiger charge is -2.19. The number of allylic oxidation sites excluding steroid dienone is 2. The second kappa shape index (κ2) is 12.9. The van der Waals surface area contributed by atoms with E-state index in [9.17, 15) is 19.5 Å². The lowest BCUT2D eigenvalue weighted by Crippen LogP contribution is -2.16. The Morgan fingerprint density at radius 1 is 1.15 bits per heavy atom. The monoisotopic (exact) mass is 579 g/mol. The first-order valence-electron chi connectivity index (χ1n) is 13.5. The van der Waals surface area contributed by atoms with Crippen molar-refractivity contribution in [3.63, 3.8) is 0 Å². The Balaban J connectivity index is 1.50. The van der Waals surface area contributed by atoms with Gasteiger partial charge in [-0.05, 0) is 80.7 Å². The van der Waals surface area contributed by atoms with Gasteiger partial charge in [-0.1, -0.05) is 24.3 Å². The molecule has 10 heteroatoms. The predicted molar refractivity (Wildman–Crippen MR) is 157 cm³/mol. The quantitative estimate of drug-likeness (QED) is 0.195. The number of carboxylic acid groups (broad SMARTS) is 1. The molecular weight excluding hydrogens is 546 g/mol. The second-order valence-corrected chi connectivity index (χ2v) is 12.4. The van der Waals surface area contributed by atoms with E-state index in [2.05, 4.69) is 10.3 Å². The van der Waals surface area contributed by atoms with Gasteiger partial charge < -0.3 is 15.2 Å². The summed E-state index contributed by atoms with van der Waals surface area (Å²) in [5, 5.41) is 24.1. The first-order chi connectivity index (χ1) is 19.4. The molecule has 0 radical (unpaired) electrons. The highest BCUT2D eigenvalue weighted by Gasteiger charge is 2.27. The van der Waals surface area contributed by atoms with Crippen LogP contribution >= 0.6 is 11.3 Å². The average molecular weight is 580 g/mol. The van der Waals surface area contributed by atoms with E-state index in [0.717, 1.165) is 60.3 Å². The first-order valence-corrected chi connectivity index (χ1v) is 15.4.